The number of carbonyl (C=O) groups excluding carboxylic acids is 1. The molecule has 0 aromatic heterocycles. The number of aliphatic carboxylic acids is 1. The van der Waals surface area contributed by atoms with Crippen LogP contribution in [0.2, 0.25) is 0 Å². The fourth-order valence-corrected chi connectivity index (χ4v) is 4.20. The number of halogens is 1. The molecule has 0 bridgehead atoms. The molecule has 1 aromatic rings. The topological polar surface area (TPSA) is 101 Å². The molecule has 0 heterocycles. The number of benzene rings is 1. The second-order valence-corrected chi connectivity index (χ2v) is 8.45. The highest BCUT2D eigenvalue weighted by Gasteiger charge is 2.34. The van der Waals surface area contributed by atoms with Gasteiger partial charge in [-0.15, -0.1) is 0 Å². The molecule has 9 heteroatoms. The highest BCUT2D eigenvalue weighted by molar-refractivity contribution is 9.10. The van der Waals surface area contributed by atoms with Gasteiger partial charge in [0.1, 0.15) is 0 Å². The third-order valence-corrected chi connectivity index (χ3v) is 6.02. The van der Waals surface area contributed by atoms with Crippen molar-refractivity contribution in [3.05, 3.63) is 28.2 Å². The Bertz CT molecular complexity index is 729. The molecule has 1 aromatic carbocycles. The van der Waals surface area contributed by atoms with Gasteiger partial charge in [0.2, 0.25) is 10.0 Å². The highest BCUT2D eigenvalue weighted by atomic mass is 79.9. The Labute approximate surface area is 143 Å². The second kappa shape index (κ2) is 6.98. The fourth-order valence-electron chi connectivity index (χ4n) is 1.83. The number of nitrogens with zero attached hydrogens (tertiary/aromatic N) is 1. The fraction of sp³-hybridized carbons (Fsp3) is 0.429. The third-order valence-electron chi connectivity index (χ3n) is 3.24. The van der Waals surface area contributed by atoms with Crippen molar-refractivity contribution in [3.8, 4) is 0 Å². The lowest BCUT2D eigenvalue weighted by atomic mass is 9.94. The number of carbonyl (C=O) groups is 2. The van der Waals surface area contributed by atoms with Crippen LogP contribution in [0.15, 0.2) is 27.6 Å². The predicted molar refractivity (Wildman–Crippen MR) is 86.7 cm³/mol. The number of carboxylic acids is 1. The van der Waals surface area contributed by atoms with E-state index in [0.717, 1.165) is 4.31 Å². The SMILES string of the molecule is COC(=O)c1ccc(S(=O)(=O)N(C)CC(C)(C)C(=O)O)c(Br)c1. The summed E-state index contributed by atoms with van der Waals surface area (Å²) >= 11 is 3.13. The van der Waals surface area contributed by atoms with E-state index in [0.29, 0.717) is 0 Å². The van der Waals surface area contributed by atoms with Crippen molar-refractivity contribution in [2.24, 2.45) is 5.41 Å². The van der Waals surface area contributed by atoms with E-state index < -0.39 is 27.4 Å². The van der Waals surface area contributed by atoms with E-state index in [9.17, 15) is 18.0 Å². The normalized spacial score (nSPS) is 12.3. The molecule has 23 heavy (non-hydrogen) atoms. The first-order valence-corrected chi connectivity index (χ1v) is 8.74. The van der Waals surface area contributed by atoms with Crippen LogP contribution in [0.3, 0.4) is 0 Å². The lowest BCUT2D eigenvalue weighted by molar-refractivity contribution is -0.147. The smallest absolute Gasteiger partial charge is 0.337 e. The minimum absolute atomic E-state index is 0.0613. The molecule has 0 aliphatic carbocycles. The maximum Gasteiger partial charge on any atom is 0.337 e. The van der Waals surface area contributed by atoms with Crippen LogP contribution in [-0.2, 0) is 19.6 Å². The largest absolute Gasteiger partial charge is 0.481 e. The molecule has 1 N–H and O–H groups in total. The molecule has 1 rings (SSSR count). The number of methoxy groups -OCH3 is 1. The number of ether oxygens (including phenoxy) is 1. The van der Waals surface area contributed by atoms with Gasteiger partial charge >= 0.3 is 11.9 Å². The Morgan fingerprint density at radius 1 is 1.35 bits per heavy atom. The molecular weight excluding hydrogens is 390 g/mol. The zero-order chi connectivity index (χ0) is 18.0. The molecule has 0 amide bonds. The van der Waals surface area contributed by atoms with Gasteiger partial charge in [0, 0.05) is 18.1 Å². The standard InChI is InChI=1S/C14H18BrNO6S/c1-14(2,13(18)19)8-16(3)23(20,21)11-6-5-9(7-10(11)15)12(17)22-4/h5-7H,8H2,1-4H3,(H,18,19). The van der Waals surface area contributed by atoms with Crippen LogP contribution >= 0.6 is 15.9 Å². The molecule has 0 atom stereocenters. The first-order chi connectivity index (χ1) is 10.4. The van der Waals surface area contributed by atoms with E-state index in [1.807, 2.05) is 0 Å². The molecule has 0 saturated carbocycles. The minimum Gasteiger partial charge on any atom is -0.481 e. The van der Waals surface area contributed by atoms with Gasteiger partial charge in [-0.1, -0.05) is 0 Å². The summed E-state index contributed by atoms with van der Waals surface area (Å²) in [6.45, 7) is 2.68. The average Bonchev–Trinajstić information content (AvgIpc) is 2.45. The molecule has 0 aliphatic rings. The Balaban J connectivity index is 3.18. The summed E-state index contributed by atoms with van der Waals surface area (Å²) < 4.78 is 30.9. The van der Waals surface area contributed by atoms with Crippen LogP contribution in [-0.4, -0.2) is 50.5 Å². The number of hydrogen-bond acceptors (Lipinski definition) is 5. The van der Waals surface area contributed by atoms with Crippen molar-refractivity contribution in [3.63, 3.8) is 0 Å². The average molecular weight is 408 g/mol. The van der Waals surface area contributed by atoms with Crippen molar-refractivity contribution in [2.75, 3.05) is 20.7 Å². The van der Waals surface area contributed by atoms with Crippen LogP contribution in [0.25, 0.3) is 0 Å². The van der Waals surface area contributed by atoms with Crippen molar-refractivity contribution in [2.45, 2.75) is 18.7 Å². The van der Waals surface area contributed by atoms with E-state index in [1.165, 1.54) is 46.2 Å². The minimum atomic E-state index is -3.91. The van der Waals surface area contributed by atoms with Crippen molar-refractivity contribution < 1.29 is 27.9 Å². The summed E-state index contributed by atoms with van der Waals surface area (Å²) in [5.74, 6) is -1.69. The number of carboxylic acid groups (broad SMARTS) is 1. The first kappa shape index (κ1) is 19.6. The molecule has 128 valence electrons. The van der Waals surface area contributed by atoms with Gasteiger partial charge in [-0.2, -0.15) is 4.31 Å². The molecule has 0 saturated heterocycles. The molecule has 0 radical (unpaired) electrons. The summed E-state index contributed by atoms with van der Waals surface area (Å²) in [5.41, 5.74) is -1.04. The van der Waals surface area contributed by atoms with Crippen LogP contribution in [0.4, 0.5) is 0 Å². The van der Waals surface area contributed by atoms with E-state index >= 15 is 0 Å². The van der Waals surface area contributed by atoms with E-state index in [4.69, 9.17) is 5.11 Å². The maximum absolute atomic E-state index is 12.6. The van der Waals surface area contributed by atoms with Gasteiger partial charge in [-0.3, -0.25) is 4.79 Å². The van der Waals surface area contributed by atoms with Crippen LogP contribution in [0.5, 0.6) is 0 Å². The molecule has 0 fully saturated rings. The van der Waals surface area contributed by atoms with Crippen molar-refractivity contribution in [1.82, 2.24) is 4.31 Å². The van der Waals surface area contributed by atoms with Gasteiger partial charge < -0.3 is 9.84 Å². The predicted octanol–water partition coefficient (Wildman–Crippen LogP) is 1.97. The molecular formula is C14H18BrNO6S. The highest BCUT2D eigenvalue weighted by Crippen LogP contribution is 2.28. The molecule has 0 spiro atoms. The second-order valence-electron chi connectivity index (χ2n) is 5.59. The summed E-state index contributed by atoms with van der Waals surface area (Å²) in [7, 11) is -1.38. The first-order valence-electron chi connectivity index (χ1n) is 6.51. The van der Waals surface area contributed by atoms with Gasteiger partial charge in [-0.25, -0.2) is 13.2 Å². The number of sulfonamides is 1. The van der Waals surface area contributed by atoms with Gasteiger partial charge in [0.15, 0.2) is 0 Å². The molecule has 0 aliphatic heterocycles. The number of hydrogen-bond donors (Lipinski definition) is 1. The van der Waals surface area contributed by atoms with Gasteiger partial charge in [0.25, 0.3) is 0 Å². The summed E-state index contributed by atoms with van der Waals surface area (Å²) in [6.07, 6.45) is 0. The Morgan fingerprint density at radius 3 is 2.35 bits per heavy atom. The maximum atomic E-state index is 12.6. The van der Waals surface area contributed by atoms with Crippen molar-refractivity contribution >= 4 is 37.9 Å². The number of esters is 1. The Kier molecular flexibility index (Phi) is 5.95. The summed E-state index contributed by atoms with van der Waals surface area (Å²) in [5, 5.41) is 9.12. The quantitative estimate of drug-likeness (QED) is 0.723. The van der Waals surface area contributed by atoms with Crippen molar-refractivity contribution in [1.29, 1.82) is 0 Å². The number of rotatable bonds is 6. The van der Waals surface area contributed by atoms with E-state index in [2.05, 4.69) is 20.7 Å². The zero-order valence-corrected chi connectivity index (χ0v) is 15.6. The monoisotopic (exact) mass is 407 g/mol. The van der Waals surface area contributed by atoms with E-state index in [1.54, 1.807) is 0 Å². The van der Waals surface area contributed by atoms with Crippen LogP contribution < -0.4 is 0 Å². The third kappa shape index (κ3) is 4.30. The van der Waals surface area contributed by atoms with Gasteiger partial charge in [0.05, 0.1) is 23.0 Å². The molecule has 0 unspecified atom stereocenters. The summed E-state index contributed by atoms with van der Waals surface area (Å²) in [4.78, 5) is 22.6. The molecule has 7 nitrogen and oxygen atoms in total. The van der Waals surface area contributed by atoms with E-state index in [-0.39, 0.29) is 21.5 Å². The van der Waals surface area contributed by atoms with Crippen LogP contribution in [0, 0.1) is 5.41 Å². The lowest BCUT2D eigenvalue weighted by Gasteiger charge is -2.26. The Morgan fingerprint density at radius 2 is 1.91 bits per heavy atom. The summed E-state index contributed by atoms with van der Waals surface area (Å²) in [6, 6.07) is 3.95. The lowest BCUT2D eigenvalue weighted by Crippen LogP contribution is -2.40. The Hall–Kier alpha value is -1.45. The van der Waals surface area contributed by atoms with Gasteiger partial charge in [-0.05, 0) is 48.0 Å². The van der Waals surface area contributed by atoms with Crippen LogP contribution in [0.1, 0.15) is 24.2 Å². The zero-order valence-electron chi connectivity index (χ0n) is 13.2.